The highest BCUT2D eigenvalue weighted by molar-refractivity contribution is 6.62. The lowest BCUT2D eigenvalue weighted by Gasteiger charge is -2.32. The summed E-state index contributed by atoms with van der Waals surface area (Å²) in [5.74, 6) is 0.494. The molecule has 1 amide bonds. The second-order valence-electron chi connectivity index (χ2n) is 10.2. The first-order valence-electron chi connectivity index (χ1n) is 12.2. The van der Waals surface area contributed by atoms with Crippen LogP contribution in [0.4, 0.5) is 8.78 Å². The zero-order chi connectivity index (χ0) is 25.8. The Morgan fingerprint density at radius 1 is 1.22 bits per heavy atom. The van der Waals surface area contributed by atoms with Gasteiger partial charge in [-0.05, 0) is 70.8 Å². The summed E-state index contributed by atoms with van der Waals surface area (Å²) >= 11 is 0. The van der Waals surface area contributed by atoms with Gasteiger partial charge in [0.25, 0.3) is 5.91 Å². The lowest BCUT2D eigenvalue weighted by atomic mass is 9.79. The van der Waals surface area contributed by atoms with Gasteiger partial charge in [-0.1, -0.05) is 12.1 Å². The van der Waals surface area contributed by atoms with Crippen molar-refractivity contribution in [2.24, 2.45) is 0 Å². The van der Waals surface area contributed by atoms with E-state index in [4.69, 9.17) is 19.0 Å². The average molecular weight is 497 g/mol. The van der Waals surface area contributed by atoms with E-state index in [0.717, 1.165) is 22.3 Å². The number of nitrogens with one attached hydrogen (secondary N) is 1. The third kappa shape index (κ3) is 4.06. The van der Waals surface area contributed by atoms with Gasteiger partial charge < -0.3 is 23.9 Å². The van der Waals surface area contributed by atoms with Crippen LogP contribution in [0.25, 0.3) is 11.0 Å². The number of ether oxygens (including phenoxy) is 1. The molecule has 2 aliphatic rings. The van der Waals surface area contributed by atoms with Crippen LogP contribution in [0.15, 0.2) is 36.4 Å². The van der Waals surface area contributed by atoms with Gasteiger partial charge in [-0.15, -0.1) is 0 Å². The van der Waals surface area contributed by atoms with Crippen LogP contribution in [0.5, 0.6) is 5.75 Å². The molecule has 2 aliphatic heterocycles. The first-order valence-corrected chi connectivity index (χ1v) is 12.2. The monoisotopic (exact) mass is 497 g/mol. The quantitative estimate of drug-likeness (QED) is 0.517. The van der Waals surface area contributed by atoms with Crippen LogP contribution in [-0.2, 0) is 15.7 Å². The molecule has 0 bridgehead atoms. The van der Waals surface area contributed by atoms with E-state index in [1.807, 2.05) is 57.4 Å². The van der Waals surface area contributed by atoms with Crippen LogP contribution in [0.3, 0.4) is 0 Å². The van der Waals surface area contributed by atoms with Crippen LogP contribution in [0.1, 0.15) is 68.8 Å². The van der Waals surface area contributed by atoms with Gasteiger partial charge in [0.05, 0.1) is 28.3 Å². The minimum Gasteiger partial charge on any atom is -0.434 e. The fraction of sp³-hybridized carbons (Fsp3) is 0.462. The van der Waals surface area contributed by atoms with Gasteiger partial charge in [-0.2, -0.15) is 8.78 Å². The van der Waals surface area contributed by atoms with Gasteiger partial charge in [0.15, 0.2) is 0 Å². The molecule has 1 aromatic heterocycles. The van der Waals surface area contributed by atoms with E-state index >= 15 is 0 Å². The molecule has 3 aromatic rings. The van der Waals surface area contributed by atoms with Crippen LogP contribution in [-0.4, -0.2) is 46.9 Å². The van der Waals surface area contributed by atoms with Crippen molar-refractivity contribution >= 4 is 29.5 Å². The van der Waals surface area contributed by atoms with Crippen molar-refractivity contribution in [3.63, 3.8) is 0 Å². The van der Waals surface area contributed by atoms with E-state index in [9.17, 15) is 13.6 Å². The number of carbonyl (C=O) groups excluding carboxylic acids is 1. The summed E-state index contributed by atoms with van der Waals surface area (Å²) < 4.78 is 46.1. The van der Waals surface area contributed by atoms with E-state index in [0.29, 0.717) is 30.5 Å². The number of imidazole rings is 1. The Kier molecular flexibility index (Phi) is 6.07. The lowest BCUT2D eigenvalue weighted by molar-refractivity contribution is -0.0507. The molecule has 0 unspecified atom stereocenters. The molecule has 1 N–H and O–H groups in total. The van der Waals surface area contributed by atoms with Crippen LogP contribution >= 0.6 is 0 Å². The second-order valence-corrected chi connectivity index (χ2v) is 10.2. The standard InChI is InChI=1S/C26H30BF2N3O4/c1-6-30-23(33)16-8-7-9-20(34-24(28)29)22(16)18-12-13-21-31-17-11-10-15(14-19(17)32(18)21)27-35-25(2,3)26(4,5)36-27/h7-11,14,18,24H,6,12-13H2,1-5H3,(H,30,33)/t18-/m1/s1. The minimum atomic E-state index is -3.01. The molecule has 190 valence electrons. The molecule has 5 rings (SSSR count). The number of alkyl halides is 2. The molecule has 1 atom stereocenters. The number of aryl methyl sites for hydroxylation is 1. The fourth-order valence-electron chi connectivity index (χ4n) is 5.02. The summed E-state index contributed by atoms with van der Waals surface area (Å²) in [5, 5.41) is 2.78. The van der Waals surface area contributed by atoms with Crippen molar-refractivity contribution in [1.29, 1.82) is 0 Å². The Morgan fingerprint density at radius 2 is 1.94 bits per heavy atom. The lowest BCUT2D eigenvalue weighted by Crippen LogP contribution is -2.41. The average Bonchev–Trinajstić information content (AvgIpc) is 3.43. The third-order valence-electron chi connectivity index (χ3n) is 7.46. The minimum absolute atomic E-state index is 0.00411. The van der Waals surface area contributed by atoms with Crippen LogP contribution in [0.2, 0.25) is 0 Å². The Balaban J connectivity index is 1.62. The molecule has 3 heterocycles. The van der Waals surface area contributed by atoms with Crippen molar-refractivity contribution in [3.05, 3.63) is 53.3 Å². The molecule has 0 aliphatic carbocycles. The number of nitrogens with zero attached hydrogens (tertiary/aromatic N) is 2. The van der Waals surface area contributed by atoms with Gasteiger partial charge in [0.1, 0.15) is 11.6 Å². The van der Waals surface area contributed by atoms with Gasteiger partial charge >= 0.3 is 13.7 Å². The molecular weight excluding hydrogens is 467 g/mol. The highest BCUT2D eigenvalue weighted by Crippen LogP contribution is 2.42. The number of aromatic nitrogens is 2. The molecule has 10 heteroatoms. The summed E-state index contributed by atoms with van der Waals surface area (Å²) in [5.41, 5.74) is 2.23. The zero-order valence-corrected chi connectivity index (χ0v) is 21.1. The number of halogens is 2. The predicted octanol–water partition coefficient (Wildman–Crippen LogP) is 4.22. The molecule has 1 saturated heterocycles. The smallest absolute Gasteiger partial charge is 0.434 e. The topological polar surface area (TPSA) is 74.6 Å². The van der Waals surface area contributed by atoms with Gasteiger partial charge in [-0.25, -0.2) is 4.98 Å². The van der Waals surface area contributed by atoms with Gasteiger partial charge in [0.2, 0.25) is 0 Å². The van der Waals surface area contributed by atoms with Gasteiger partial charge in [0, 0.05) is 24.1 Å². The molecule has 0 saturated carbocycles. The SMILES string of the molecule is CCNC(=O)c1cccc(OC(F)F)c1[C@H]1CCc2nc3ccc(B4OC(C)(C)C(C)(C)O4)cc3n21. The number of rotatable bonds is 6. The molecule has 7 nitrogen and oxygen atoms in total. The fourth-order valence-corrected chi connectivity index (χ4v) is 5.02. The van der Waals surface area contributed by atoms with E-state index in [-0.39, 0.29) is 11.7 Å². The number of amides is 1. The van der Waals surface area contributed by atoms with Crippen LogP contribution in [0, 0.1) is 0 Å². The van der Waals surface area contributed by atoms with Crippen molar-refractivity contribution in [3.8, 4) is 5.75 Å². The summed E-state index contributed by atoms with van der Waals surface area (Å²) in [6, 6.07) is 10.1. The second kappa shape index (κ2) is 8.85. The summed E-state index contributed by atoms with van der Waals surface area (Å²) in [6.07, 6.45) is 1.25. The molecule has 0 spiro atoms. The maximum absolute atomic E-state index is 13.3. The zero-order valence-electron chi connectivity index (χ0n) is 21.1. The Bertz CT molecular complexity index is 1310. The highest BCUT2D eigenvalue weighted by Gasteiger charge is 2.51. The summed E-state index contributed by atoms with van der Waals surface area (Å²) in [7, 11) is -0.550. The number of carbonyl (C=O) groups is 1. The molecule has 1 fully saturated rings. The number of fused-ring (bicyclic) bond motifs is 3. The maximum Gasteiger partial charge on any atom is 0.494 e. The third-order valence-corrected chi connectivity index (χ3v) is 7.46. The Hall–Kier alpha value is -2.98. The first-order chi connectivity index (χ1) is 17.0. The van der Waals surface area contributed by atoms with Gasteiger partial charge in [-0.3, -0.25) is 4.79 Å². The highest BCUT2D eigenvalue weighted by atomic mass is 19.3. The van der Waals surface area contributed by atoms with Crippen molar-refractivity contribution in [1.82, 2.24) is 14.9 Å². The number of benzene rings is 2. The van der Waals surface area contributed by atoms with E-state index in [1.165, 1.54) is 6.07 Å². The van der Waals surface area contributed by atoms with Crippen molar-refractivity contribution < 1.29 is 27.6 Å². The van der Waals surface area contributed by atoms with E-state index in [2.05, 4.69) is 5.32 Å². The largest absolute Gasteiger partial charge is 0.494 e. The predicted molar refractivity (Wildman–Crippen MR) is 133 cm³/mol. The normalized spacial score (nSPS) is 20.2. The van der Waals surface area contributed by atoms with Crippen molar-refractivity contribution in [2.75, 3.05) is 6.54 Å². The maximum atomic E-state index is 13.3. The molecular formula is C26H30BF2N3O4. The summed E-state index contributed by atoms with van der Waals surface area (Å²) in [6.45, 7) is 7.22. The van der Waals surface area contributed by atoms with Crippen LogP contribution < -0.4 is 15.5 Å². The molecule has 0 radical (unpaired) electrons. The van der Waals surface area contributed by atoms with E-state index in [1.54, 1.807) is 12.1 Å². The Labute approximate surface area is 209 Å². The number of hydrogen-bond donors (Lipinski definition) is 1. The first kappa shape index (κ1) is 24.7. The summed E-state index contributed by atoms with van der Waals surface area (Å²) in [4.78, 5) is 17.7. The molecule has 2 aromatic carbocycles. The Morgan fingerprint density at radius 3 is 2.61 bits per heavy atom. The number of hydrogen-bond acceptors (Lipinski definition) is 5. The molecule has 36 heavy (non-hydrogen) atoms. The van der Waals surface area contributed by atoms with Crippen molar-refractivity contribution in [2.45, 2.75) is 71.3 Å². The van der Waals surface area contributed by atoms with E-state index < -0.39 is 31.0 Å².